The lowest BCUT2D eigenvalue weighted by molar-refractivity contribution is 0.170. The van der Waals surface area contributed by atoms with E-state index in [1.54, 1.807) is 11.3 Å². The van der Waals surface area contributed by atoms with Gasteiger partial charge in [0.15, 0.2) is 5.58 Å². The van der Waals surface area contributed by atoms with Gasteiger partial charge in [-0.05, 0) is 82.5 Å². The topological polar surface area (TPSA) is 71.6 Å². The second-order valence-electron chi connectivity index (χ2n) is 9.08. The van der Waals surface area contributed by atoms with E-state index in [9.17, 15) is 5.11 Å². The van der Waals surface area contributed by atoms with Crippen molar-refractivity contribution in [2.24, 2.45) is 11.8 Å². The van der Waals surface area contributed by atoms with Crippen LogP contribution in [0.25, 0.3) is 11.0 Å². The lowest BCUT2D eigenvalue weighted by Gasteiger charge is -2.31. The first-order valence-electron chi connectivity index (χ1n) is 11.5. The fraction of sp³-hybridized carbons (Fsp3) is 0.583. The summed E-state index contributed by atoms with van der Waals surface area (Å²) in [5, 5.41) is 18.6. The molecule has 6 nitrogen and oxygen atoms in total. The molecule has 0 radical (unpaired) electrons. The third-order valence-corrected chi connectivity index (χ3v) is 7.48. The highest BCUT2D eigenvalue weighted by Gasteiger charge is 2.24. The second kappa shape index (κ2) is 9.27. The fourth-order valence-electron chi connectivity index (χ4n) is 4.53. The van der Waals surface area contributed by atoms with Crippen molar-refractivity contribution < 1.29 is 14.4 Å². The van der Waals surface area contributed by atoms with E-state index < -0.39 is 0 Å². The maximum atomic E-state index is 9.90. The number of piperidine rings is 1. The number of aromatic nitrogens is 2. The zero-order valence-electron chi connectivity index (χ0n) is 18.2. The largest absolute Gasteiger partial charge is 0.493 e. The molecule has 3 heterocycles. The molecule has 166 valence electrons. The summed E-state index contributed by atoms with van der Waals surface area (Å²) in [4.78, 5) is 7.12. The molecule has 1 saturated carbocycles. The molecule has 2 aliphatic rings. The molecular weight excluding hydrogens is 410 g/mol. The SMILES string of the molecule is Cc1nc(CN2CCC(CCc3noc4c(CO)c(OCC5CC5)ccc34)CC2)cs1. The van der Waals surface area contributed by atoms with Crippen molar-refractivity contribution in [3.05, 3.63) is 39.5 Å². The van der Waals surface area contributed by atoms with Crippen molar-refractivity contribution in [3.63, 3.8) is 0 Å². The Kier molecular flexibility index (Phi) is 6.25. The molecular formula is C24H31N3O3S. The van der Waals surface area contributed by atoms with Crippen LogP contribution in [0.5, 0.6) is 5.75 Å². The van der Waals surface area contributed by atoms with E-state index in [1.165, 1.54) is 31.4 Å². The lowest BCUT2D eigenvalue weighted by Crippen LogP contribution is -2.33. The first-order valence-corrected chi connectivity index (χ1v) is 12.3. The highest BCUT2D eigenvalue weighted by Crippen LogP contribution is 2.34. The van der Waals surface area contributed by atoms with Crippen LogP contribution < -0.4 is 4.74 Å². The number of hydrogen-bond acceptors (Lipinski definition) is 7. The summed E-state index contributed by atoms with van der Waals surface area (Å²) in [6.45, 7) is 5.94. The molecule has 5 rings (SSSR count). The quantitative estimate of drug-likeness (QED) is 0.518. The van der Waals surface area contributed by atoms with Crippen molar-refractivity contribution in [2.45, 2.75) is 58.6 Å². The highest BCUT2D eigenvalue weighted by molar-refractivity contribution is 7.09. The molecule has 31 heavy (non-hydrogen) atoms. The smallest absolute Gasteiger partial charge is 0.176 e. The molecule has 1 aliphatic heterocycles. The Balaban J connectivity index is 1.16. The Morgan fingerprint density at radius 2 is 2.03 bits per heavy atom. The normalized spacial score (nSPS) is 18.1. The van der Waals surface area contributed by atoms with Gasteiger partial charge in [-0.2, -0.15) is 0 Å². The number of aliphatic hydroxyl groups excluding tert-OH is 1. The second-order valence-corrected chi connectivity index (χ2v) is 10.1. The average molecular weight is 442 g/mol. The van der Waals surface area contributed by atoms with Gasteiger partial charge in [-0.15, -0.1) is 11.3 Å². The van der Waals surface area contributed by atoms with E-state index in [0.29, 0.717) is 11.5 Å². The van der Waals surface area contributed by atoms with Gasteiger partial charge in [0.25, 0.3) is 0 Å². The van der Waals surface area contributed by atoms with Crippen LogP contribution in [0.1, 0.15) is 54.1 Å². The number of ether oxygens (including phenoxy) is 1. The van der Waals surface area contributed by atoms with Crippen LogP contribution in [0, 0.1) is 18.8 Å². The van der Waals surface area contributed by atoms with Crippen LogP contribution in [0.4, 0.5) is 0 Å². The summed E-state index contributed by atoms with van der Waals surface area (Å²) in [5.74, 6) is 2.12. The molecule has 0 spiro atoms. The molecule has 0 unspecified atom stereocenters. The molecule has 2 fully saturated rings. The minimum absolute atomic E-state index is 0.0943. The van der Waals surface area contributed by atoms with Gasteiger partial charge >= 0.3 is 0 Å². The van der Waals surface area contributed by atoms with Crippen molar-refractivity contribution >= 4 is 22.3 Å². The van der Waals surface area contributed by atoms with Crippen molar-refractivity contribution in [2.75, 3.05) is 19.7 Å². The van der Waals surface area contributed by atoms with E-state index in [2.05, 4.69) is 27.3 Å². The first kappa shape index (κ1) is 20.9. The Bertz CT molecular complexity index is 1020. The van der Waals surface area contributed by atoms with Gasteiger partial charge < -0.3 is 14.4 Å². The predicted octanol–water partition coefficient (Wildman–Crippen LogP) is 4.72. The van der Waals surface area contributed by atoms with Gasteiger partial charge in [0.05, 0.1) is 35.2 Å². The lowest BCUT2D eigenvalue weighted by atomic mass is 9.91. The first-order chi connectivity index (χ1) is 15.2. The fourth-order valence-corrected chi connectivity index (χ4v) is 5.14. The highest BCUT2D eigenvalue weighted by atomic mass is 32.1. The summed E-state index contributed by atoms with van der Waals surface area (Å²) in [6, 6.07) is 4.01. The number of fused-ring (bicyclic) bond motifs is 1. The van der Waals surface area contributed by atoms with Crippen LogP contribution in [-0.2, 0) is 19.6 Å². The number of aliphatic hydroxyl groups is 1. The number of hydrogen-bond donors (Lipinski definition) is 1. The van der Waals surface area contributed by atoms with E-state index in [1.807, 2.05) is 12.1 Å². The summed E-state index contributed by atoms with van der Waals surface area (Å²) in [6.07, 6.45) is 6.97. The standard InChI is InChI=1S/C24H31N3O3S/c1-16-25-19(15-31-16)12-27-10-8-17(9-11-27)4-6-22-20-5-7-23(29-14-18-2-3-18)21(13-28)24(20)30-26-22/h5,7,15,17-18,28H,2-4,6,8-14H2,1H3. The number of benzene rings is 1. The number of likely N-dealkylation sites (tertiary alicyclic amines) is 1. The Labute approximate surface area is 187 Å². The number of aryl methyl sites for hydroxylation is 2. The van der Waals surface area contributed by atoms with Crippen LogP contribution >= 0.6 is 11.3 Å². The number of nitrogens with zero attached hydrogens (tertiary/aromatic N) is 3. The Hall–Kier alpha value is -1.96. The molecule has 0 amide bonds. The third kappa shape index (κ3) is 4.94. The molecule has 0 bridgehead atoms. The van der Waals surface area contributed by atoms with Crippen LogP contribution in [0.15, 0.2) is 22.0 Å². The summed E-state index contributed by atoms with van der Waals surface area (Å²) in [5.41, 5.74) is 3.61. The molecule has 2 aromatic heterocycles. The number of rotatable bonds is 9. The third-order valence-electron chi connectivity index (χ3n) is 6.65. The zero-order valence-corrected chi connectivity index (χ0v) is 19.0. The molecule has 1 aliphatic carbocycles. The van der Waals surface area contributed by atoms with Gasteiger partial charge in [0.2, 0.25) is 0 Å². The molecule has 1 saturated heterocycles. The molecule has 1 N–H and O–H groups in total. The van der Waals surface area contributed by atoms with Crippen LogP contribution in [-0.4, -0.2) is 39.8 Å². The van der Waals surface area contributed by atoms with Gasteiger partial charge in [-0.25, -0.2) is 4.98 Å². The number of thiazole rings is 1. The molecule has 0 atom stereocenters. The van der Waals surface area contributed by atoms with Gasteiger partial charge in [0.1, 0.15) is 5.75 Å². The molecule has 1 aromatic carbocycles. The average Bonchev–Trinajstić information content (AvgIpc) is 3.39. The van der Waals surface area contributed by atoms with E-state index in [4.69, 9.17) is 9.26 Å². The van der Waals surface area contributed by atoms with E-state index in [-0.39, 0.29) is 6.61 Å². The maximum Gasteiger partial charge on any atom is 0.176 e. The van der Waals surface area contributed by atoms with Gasteiger partial charge in [-0.1, -0.05) is 5.16 Å². The maximum absolute atomic E-state index is 9.90. The van der Waals surface area contributed by atoms with Gasteiger partial charge in [0, 0.05) is 17.3 Å². The molecule has 7 heteroatoms. The van der Waals surface area contributed by atoms with Crippen molar-refractivity contribution in [3.8, 4) is 5.75 Å². The van der Waals surface area contributed by atoms with Crippen LogP contribution in [0.2, 0.25) is 0 Å². The summed E-state index contributed by atoms with van der Waals surface area (Å²) in [7, 11) is 0. The van der Waals surface area contributed by atoms with E-state index >= 15 is 0 Å². The predicted molar refractivity (Wildman–Crippen MR) is 121 cm³/mol. The van der Waals surface area contributed by atoms with Crippen molar-refractivity contribution in [1.82, 2.24) is 15.0 Å². The Morgan fingerprint density at radius 1 is 1.19 bits per heavy atom. The summed E-state index contributed by atoms with van der Waals surface area (Å²) < 4.78 is 11.6. The minimum Gasteiger partial charge on any atom is -0.493 e. The van der Waals surface area contributed by atoms with E-state index in [0.717, 1.165) is 72.4 Å². The van der Waals surface area contributed by atoms with Crippen LogP contribution in [0.3, 0.4) is 0 Å². The zero-order chi connectivity index (χ0) is 21.2. The monoisotopic (exact) mass is 441 g/mol. The molecule has 3 aromatic rings. The summed E-state index contributed by atoms with van der Waals surface area (Å²) >= 11 is 1.73. The van der Waals surface area contributed by atoms with Gasteiger partial charge in [-0.3, -0.25) is 4.90 Å². The Morgan fingerprint density at radius 3 is 2.74 bits per heavy atom. The minimum atomic E-state index is -0.0943. The van der Waals surface area contributed by atoms with Crippen molar-refractivity contribution in [1.29, 1.82) is 0 Å².